The fourth-order valence-electron chi connectivity index (χ4n) is 3.29. The smallest absolute Gasteiger partial charge is 0.227 e. The summed E-state index contributed by atoms with van der Waals surface area (Å²) in [6.45, 7) is 2.86. The molecule has 1 aliphatic heterocycles. The van der Waals surface area contributed by atoms with Crippen LogP contribution in [0.5, 0.6) is 0 Å². The number of aromatic nitrogens is 1. The predicted octanol–water partition coefficient (Wildman–Crippen LogP) is 0.816. The minimum Gasteiger partial charge on any atom is -0.382 e. The number of carbonyl (C=O) groups is 2. The molecule has 1 aromatic rings. The zero-order valence-corrected chi connectivity index (χ0v) is 13.2. The average Bonchev–Trinajstić information content (AvgIpc) is 2.81. The van der Waals surface area contributed by atoms with Gasteiger partial charge >= 0.3 is 0 Å². The third-order valence-corrected chi connectivity index (χ3v) is 4.13. The van der Waals surface area contributed by atoms with E-state index in [4.69, 9.17) is 10.5 Å². The molecule has 1 saturated heterocycles. The van der Waals surface area contributed by atoms with Crippen molar-refractivity contribution in [2.24, 2.45) is 5.73 Å². The van der Waals surface area contributed by atoms with Gasteiger partial charge in [0.25, 0.3) is 0 Å². The quantitative estimate of drug-likeness (QED) is 0.843. The van der Waals surface area contributed by atoms with Gasteiger partial charge in [0, 0.05) is 25.5 Å². The molecule has 1 atom stereocenters. The lowest BCUT2D eigenvalue weighted by molar-refractivity contribution is -0.138. The van der Waals surface area contributed by atoms with Crippen LogP contribution in [-0.4, -0.2) is 47.5 Å². The summed E-state index contributed by atoms with van der Waals surface area (Å²) in [5, 5.41) is 0. The van der Waals surface area contributed by atoms with Gasteiger partial charge in [-0.3, -0.25) is 14.6 Å². The molecule has 2 heterocycles. The molecule has 0 radical (unpaired) electrons. The second-order valence-electron chi connectivity index (χ2n) is 5.93. The Labute approximate surface area is 130 Å². The van der Waals surface area contributed by atoms with Crippen LogP contribution < -0.4 is 5.73 Å². The van der Waals surface area contributed by atoms with Gasteiger partial charge < -0.3 is 15.4 Å². The number of rotatable bonds is 6. The van der Waals surface area contributed by atoms with E-state index >= 15 is 0 Å². The second kappa shape index (κ2) is 6.87. The number of likely N-dealkylation sites (tertiary alicyclic amines) is 1. The van der Waals surface area contributed by atoms with E-state index in [0.29, 0.717) is 19.6 Å². The molecule has 0 bridgehead atoms. The van der Waals surface area contributed by atoms with Crippen molar-refractivity contribution in [2.75, 3.05) is 20.3 Å². The minimum absolute atomic E-state index is 0.00130. The van der Waals surface area contributed by atoms with Gasteiger partial charge in [-0.2, -0.15) is 0 Å². The van der Waals surface area contributed by atoms with Gasteiger partial charge in [0.15, 0.2) is 0 Å². The van der Waals surface area contributed by atoms with E-state index in [1.54, 1.807) is 18.2 Å². The van der Waals surface area contributed by atoms with E-state index in [2.05, 4.69) is 4.98 Å². The minimum atomic E-state index is -0.597. The lowest BCUT2D eigenvalue weighted by atomic mass is 9.92. The van der Waals surface area contributed by atoms with Crippen LogP contribution in [0.15, 0.2) is 18.3 Å². The number of primary amides is 1. The Bertz CT molecular complexity index is 561. The summed E-state index contributed by atoms with van der Waals surface area (Å²) >= 11 is 0. The van der Waals surface area contributed by atoms with E-state index < -0.39 is 11.4 Å². The molecule has 6 heteroatoms. The monoisotopic (exact) mass is 305 g/mol. The Morgan fingerprint density at radius 1 is 1.50 bits per heavy atom. The van der Waals surface area contributed by atoms with Crippen LogP contribution in [0.3, 0.4) is 0 Å². The molecule has 120 valence electrons. The summed E-state index contributed by atoms with van der Waals surface area (Å²) in [5.41, 5.74) is 6.59. The van der Waals surface area contributed by atoms with Crippen molar-refractivity contribution in [1.82, 2.24) is 9.88 Å². The second-order valence-corrected chi connectivity index (χ2v) is 5.93. The largest absolute Gasteiger partial charge is 0.382 e. The van der Waals surface area contributed by atoms with Gasteiger partial charge in [-0.25, -0.2) is 0 Å². The molecule has 0 aliphatic carbocycles. The van der Waals surface area contributed by atoms with E-state index in [1.807, 2.05) is 19.1 Å². The first-order valence-electron chi connectivity index (χ1n) is 7.46. The van der Waals surface area contributed by atoms with Crippen molar-refractivity contribution in [2.45, 2.75) is 38.1 Å². The SMILES string of the molecule is COC[C@]1(CC(N)=O)CCCN1C(=O)Cc1ccnc(C)c1. The standard InChI is InChI=1S/C16H23N3O3/c1-12-8-13(4-6-18-12)9-15(21)19-7-3-5-16(19,11-22-2)10-14(17)20/h4,6,8H,3,5,7,9-11H2,1-2H3,(H2,17,20)/t16-/m1/s1. The van der Waals surface area contributed by atoms with Crippen molar-refractivity contribution in [3.8, 4) is 0 Å². The van der Waals surface area contributed by atoms with Crippen LogP contribution in [0.4, 0.5) is 0 Å². The summed E-state index contributed by atoms with van der Waals surface area (Å²) in [6, 6.07) is 3.74. The third-order valence-electron chi connectivity index (χ3n) is 4.13. The van der Waals surface area contributed by atoms with Crippen LogP contribution in [0.2, 0.25) is 0 Å². The van der Waals surface area contributed by atoms with Gasteiger partial charge in [-0.15, -0.1) is 0 Å². The van der Waals surface area contributed by atoms with E-state index in [9.17, 15) is 9.59 Å². The number of aryl methyl sites for hydroxylation is 1. The first kappa shape index (κ1) is 16.4. The molecule has 0 unspecified atom stereocenters. The molecule has 0 aromatic carbocycles. The number of hydrogen-bond donors (Lipinski definition) is 1. The number of ether oxygens (including phenoxy) is 1. The third kappa shape index (κ3) is 3.62. The highest BCUT2D eigenvalue weighted by Gasteiger charge is 2.44. The Hall–Kier alpha value is -1.95. The summed E-state index contributed by atoms with van der Waals surface area (Å²) in [4.78, 5) is 30.0. The van der Waals surface area contributed by atoms with Crippen LogP contribution in [0.1, 0.15) is 30.5 Å². The van der Waals surface area contributed by atoms with Gasteiger partial charge in [-0.1, -0.05) is 0 Å². The number of amides is 2. The highest BCUT2D eigenvalue weighted by molar-refractivity contribution is 5.82. The van der Waals surface area contributed by atoms with E-state index in [0.717, 1.165) is 24.1 Å². The molecular weight excluding hydrogens is 282 g/mol. The Morgan fingerprint density at radius 3 is 2.91 bits per heavy atom. The van der Waals surface area contributed by atoms with Crippen LogP contribution >= 0.6 is 0 Å². The Balaban J connectivity index is 2.17. The summed E-state index contributed by atoms with van der Waals surface area (Å²) in [5.74, 6) is -0.405. The summed E-state index contributed by atoms with van der Waals surface area (Å²) < 4.78 is 5.27. The van der Waals surface area contributed by atoms with Gasteiger partial charge in [-0.05, 0) is 37.5 Å². The van der Waals surface area contributed by atoms with Gasteiger partial charge in [0.1, 0.15) is 0 Å². The number of nitrogens with two attached hydrogens (primary N) is 1. The number of hydrogen-bond acceptors (Lipinski definition) is 4. The van der Waals surface area contributed by atoms with Crippen molar-refractivity contribution in [3.63, 3.8) is 0 Å². The van der Waals surface area contributed by atoms with Gasteiger partial charge in [0.05, 0.1) is 25.0 Å². The molecule has 1 aromatic heterocycles. The summed E-state index contributed by atoms with van der Waals surface area (Å²) in [7, 11) is 1.58. The molecular formula is C16H23N3O3. The van der Waals surface area contributed by atoms with Crippen molar-refractivity contribution in [1.29, 1.82) is 0 Å². The van der Waals surface area contributed by atoms with Crippen molar-refractivity contribution >= 4 is 11.8 Å². The maximum absolute atomic E-state index is 12.7. The number of nitrogens with zero attached hydrogens (tertiary/aromatic N) is 2. The van der Waals surface area contributed by atoms with Crippen molar-refractivity contribution in [3.05, 3.63) is 29.6 Å². The Kier molecular flexibility index (Phi) is 5.13. The number of carbonyl (C=O) groups excluding carboxylic acids is 2. The molecule has 1 aliphatic rings. The number of methoxy groups -OCH3 is 1. The zero-order chi connectivity index (χ0) is 16.2. The molecule has 1 fully saturated rings. The molecule has 2 amide bonds. The first-order valence-corrected chi connectivity index (χ1v) is 7.46. The van der Waals surface area contributed by atoms with Crippen molar-refractivity contribution < 1.29 is 14.3 Å². The van der Waals surface area contributed by atoms with E-state index in [-0.39, 0.29) is 12.3 Å². The topological polar surface area (TPSA) is 85.5 Å². The fraction of sp³-hybridized carbons (Fsp3) is 0.562. The highest BCUT2D eigenvalue weighted by Crippen LogP contribution is 2.33. The molecule has 6 nitrogen and oxygen atoms in total. The molecule has 0 saturated carbocycles. The van der Waals surface area contributed by atoms with E-state index in [1.165, 1.54) is 0 Å². The van der Waals surface area contributed by atoms with Gasteiger partial charge in [0.2, 0.25) is 11.8 Å². The fourth-order valence-corrected chi connectivity index (χ4v) is 3.29. The molecule has 22 heavy (non-hydrogen) atoms. The predicted molar refractivity (Wildman–Crippen MR) is 82.0 cm³/mol. The lowest BCUT2D eigenvalue weighted by Gasteiger charge is -2.37. The zero-order valence-electron chi connectivity index (χ0n) is 13.2. The van der Waals surface area contributed by atoms with Crippen LogP contribution in [0, 0.1) is 6.92 Å². The Morgan fingerprint density at radius 2 is 2.27 bits per heavy atom. The maximum Gasteiger partial charge on any atom is 0.227 e. The molecule has 2 N–H and O–H groups in total. The average molecular weight is 305 g/mol. The first-order chi connectivity index (χ1) is 10.5. The normalized spacial score (nSPS) is 21.1. The highest BCUT2D eigenvalue weighted by atomic mass is 16.5. The molecule has 2 rings (SSSR count). The maximum atomic E-state index is 12.7. The lowest BCUT2D eigenvalue weighted by Crippen LogP contribution is -2.53. The van der Waals surface area contributed by atoms with Crippen LogP contribution in [0.25, 0.3) is 0 Å². The number of pyridine rings is 1. The molecule has 0 spiro atoms. The van der Waals surface area contributed by atoms with Crippen LogP contribution in [-0.2, 0) is 20.7 Å². The summed E-state index contributed by atoms with van der Waals surface area (Å²) in [6.07, 6.45) is 3.74.